The Kier molecular flexibility index (Phi) is 4.90. The lowest BCUT2D eigenvalue weighted by Crippen LogP contribution is -1.96. The van der Waals surface area contributed by atoms with Gasteiger partial charge in [0.1, 0.15) is 17.5 Å². The standard InChI is InChI=1S/C23H19N3O4/c1-28-20-8-14(9-21(29-2)22(20)30-3)16-7-17-18(12-26-23(17)25-11-16)13-4-5-19(27)15(6-13)10-24/h4-9,11-12,27H,1-3H3,(H,25,26). The van der Waals surface area contributed by atoms with Crippen LogP contribution in [0.4, 0.5) is 0 Å². The number of ether oxygens (including phenoxy) is 3. The van der Waals surface area contributed by atoms with Crippen molar-refractivity contribution >= 4 is 11.0 Å². The Morgan fingerprint density at radius 1 is 0.933 bits per heavy atom. The second kappa shape index (κ2) is 7.68. The smallest absolute Gasteiger partial charge is 0.203 e. The number of nitriles is 1. The monoisotopic (exact) mass is 401 g/mol. The molecule has 0 saturated heterocycles. The minimum Gasteiger partial charge on any atom is -0.507 e. The zero-order valence-corrected chi connectivity index (χ0v) is 16.7. The van der Waals surface area contributed by atoms with Crippen LogP contribution in [0, 0.1) is 11.3 Å². The summed E-state index contributed by atoms with van der Waals surface area (Å²) in [6.45, 7) is 0. The van der Waals surface area contributed by atoms with E-state index in [1.807, 2.05) is 30.5 Å². The highest BCUT2D eigenvalue weighted by Crippen LogP contribution is 2.42. The molecule has 0 amide bonds. The highest BCUT2D eigenvalue weighted by molar-refractivity contribution is 5.96. The zero-order valence-electron chi connectivity index (χ0n) is 16.7. The lowest BCUT2D eigenvalue weighted by atomic mass is 10.0. The van der Waals surface area contributed by atoms with Gasteiger partial charge in [0, 0.05) is 28.9 Å². The van der Waals surface area contributed by atoms with Gasteiger partial charge in [0.05, 0.1) is 26.9 Å². The molecule has 2 aromatic carbocycles. The number of phenolic OH excluding ortho intramolecular Hbond substituents is 1. The van der Waals surface area contributed by atoms with E-state index >= 15 is 0 Å². The number of aromatic amines is 1. The first-order valence-corrected chi connectivity index (χ1v) is 9.10. The number of phenols is 1. The number of aromatic hydroxyl groups is 1. The number of hydrogen-bond donors (Lipinski definition) is 2. The molecule has 4 aromatic rings. The summed E-state index contributed by atoms with van der Waals surface area (Å²) in [4.78, 5) is 7.69. The lowest BCUT2D eigenvalue weighted by Gasteiger charge is -2.14. The molecule has 0 bridgehead atoms. The molecule has 0 saturated carbocycles. The minimum absolute atomic E-state index is 0.0441. The third-order valence-electron chi connectivity index (χ3n) is 4.96. The maximum atomic E-state index is 9.80. The van der Waals surface area contributed by atoms with Crippen LogP contribution in [0.3, 0.4) is 0 Å². The molecule has 0 aliphatic carbocycles. The predicted molar refractivity (Wildman–Crippen MR) is 113 cm³/mol. The Labute approximate surface area is 173 Å². The number of methoxy groups -OCH3 is 3. The largest absolute Gasteiger partial charge is 0.507 e. The zero-order chi connectivity index (χ0) is 21.3. The van der Waals surface area contributed by atoms with Gasteiger partial charge in [-0.25, -0.2) is 4.98 Å². The first-order chi connectivity index (χ1) is 14.6. The van der Waals surface area contributed by atoms with Gasteiger partial charge >= 0.3 is 0 Å². The van der Waals surface area contributed by atoms with Crippen molar-refractivity contribution in [3.63, 3.8) is 0 Å². The summed E-state index contributed by atoms with van der Waals surface area (Å²) < 4.78 is 16.3. The van der Waals surface area contributed by atoms with Crippen molar-refractivity contribution in [1.29, 1.82) is 5.26 Å². The van der Waals surface area contributed by atoms with E-state index in [9.17, 15) is 10.4 Å². The molecule has 0 radical (unpaired) electrons. The number of fused-ring (bicyclic) bond motifs is 1. The normalized spacial score (nSPS) is 10.6. The molecule has 2 heterocycles. The number of nitrogens with one attached hydrogen (secondary N) is 1. The first-order valence-electron chi connectivity index (χ1n) is 9.10. The molecule has 4 rings (SSSR count). The Morgan fingerprint density at radius 2 is 1.67 bits per heavy atom. The first kappa shape index (κ1) is 19.2. The predicted octanol–water partition coefficient (Wildman–Crippen LogP) is 4.50. The number of hydrogen-bond acceptors (Lipinski definition) is 6. The maximum absolute atomic E-state index is 9.80. The van der Waals surface area contributed by atoms with E-state index in [-0.39, 0.29) is 11.3 Å². The van der Waals surface area contributed by atoms with Crippen LogP contribution < -0.4 is 14.2 Å². The molecule has 7 nitrogen and oxygen atoms in total. The summed E-state index contributed by atoms with van der Waals surface area (Å²) in [7, 11) is 4.71. The molecule has 30 heavy (non-hydrogen) atoms. The van der Waals surface area contributed by atoms with E-state index in [2.05, 4.69) is 9.97 Å². The number of nitrogens with zero attached hydrogens (tertiary/aromatic N) is 2. The summed E-state index contributed by atoms with van der Waals surface area (Å²) in [5, 5.41) is 19.9. The van der Waals surface area contributed by atoms with Gasteiger partial charge < -0.3 is 24.3 Å². The fourth-order valence-corrected chi connectivity index (χ4v) is 3.44. The number of rotatable bonds is 5. The van der Waals surface area contributed by atoms with Gasteiger partial charge in [0.2, 0.25) is 5.75 Å². The Morgan fingerprint density at radius 3 is 2.30 bits per heavy atom. The summed E-state index contributed by atoms with van der Waals surface area (Å²) in [5.41, 5.74) is 4.34. The van der Waals surface area contributed by atoms with Crippen LogP contribution in [0.25, 0.3) is 33.3 Å². The fourth-order valence-electron chi connectivity index (χ4n) is 3.44. The molecule has 0 unspecified atom stereocenters. The quantitative estimate of drug-likeness (QED) is 0.511. The number of H-pyrrole nitrogens is 1. The van der Waals surface area contributed by atoms with Crippen LogP contribution in [0.15, 0.2) is 48.8 Å². The number of benzene rings is 2. The summed E-state index contributed by atoms with van der Waals surface area (Å²) in [5.74, 6) is 1.59. The van der Waals surface area contributed by atoms with E-state index in [0.29, 0.717) is 22.9 Å². The fraction of sp³-hybridized carbons (Fsp3) is 0.130. The van der Waals surface area contributed by atoms with Gasteiger partial charge in [-0.2, -0.15) is 5.26 Å². The third-order valence-corrected chi connectivity index (χ3v) is 4.96. The average molecular weight is 401 g/mol. The molecular weight excluding hydrogens is 382 g/mol. The van der Waals surface area contributed by atoms with Gasteiger partial charge in [-0.15, -0.1) is 0 Å². The van der Waals surface area contributed by atoms with Gasteiger partial charge in [0.15, 0.2) is 11.5 Å². The second-order valence-electron chi connectivity index (χ2n) is 6.58. The second-order valence-corrected chi connectivity index (χ2v) is 6.58. The molecule has 0 aliphatic heterocycles. The van der Waals surface area contributed by atoms with Crippen molar-refractivity contribution in [3.05, 3.63) is 54.4 Å². The van der Waals surface area contributed by atoms with Crippen molar-refractivity contribution in [2.75, 3.05) is 21.3 Å². The van der Waals surface area contributed by atoms with Gasteiger partial charge in [-0.1, -0.05) is 6.07 Å². The molecule has 0 spiro atoms. The Hall–Kier alpha value is -4.18. The van der Waals surface area contributed by atoms with Gasteiger partial charge in [-0.05, 0) is 41.5 Å². The van der Waals surface area contributed by atoms with E-state index in [4.69, 9.17) is 14.2 Å². The van der Waals surface area contributed by atoms with E-state index in [1.54, 1.807) is 39.7 Å². The van der Waals surface area contributed by atoms with Crippen molar-refractivity contribution in [2.24, 2.45) is 0 Å². The topological polar surface area (TPSA) is 100 Å². The summed E-state index contributed by atoms with van der Waals surface area (Å²) in [6, 6.07) is 12.7. The van der Waals surface area contributed by atoms with Crippen molar-refractivity contribution in [1.82, 2.24) is 9.97 Å². The van der Waals surface area contributed by atoms with Crippen LogP contribution in [0.1, 0.15) is 5.56 Å². The highest BCUT2D eigenvalue weighted by Gasteiger charge is 2.16. The number of pyridine rings is 1. The number of aromatic nitrogens is 2. The van der Waals surface area contributed by atoms with Crippen LogP contribution >= 0.6 is 0 Å². The van der Waals surface area contributed by atoms with Crippen LogP contribution in [0.2, 0.25) is 0 Å². The summed E-state index contributed by atoms with van der Waals surface area (Å²) in [6.07, 6.45) is 3.60. The van der Waals surface area contributed by atoms with Crippen molar-refractivity contribution in [2.45, 2.75) is 0 Å². The molecule has 7 heteroatoms. The SMILES string of the molecule is COc1cc(-c2cnc3[nH]cc(-c4ccc(O)c(C#N)c4)c3c2)cc(OC)c1OC. The maximum Gasteiger partial charge on any atom is 0.203 e. The Balaban J connectivity index is 1.87. The highest BCUT2D eigenvalue weighted by atomic mass is 16.5. The molecule has 150 valence electrons. The van der Waals surface area contributed by atoms with Crippen LogP contribution in [0.5, 0.6) is 23.0 Å². The van der Waals surface area contributed by atoms with Crippen molar-refractivity contribution < 1.29 is 19.3 Å². The summed E-state index contributed by atoms with van der Waals surface area (Å²) >= 11 is 0. The molecule has 0 fully saturated rings. The average Bonchev–Trinajstić information content (AvgIpc) is 3.21. The van der Waals surface area contributed by atoms with Crippen LogP contribution in [-0.2, 0) is 0 Å². The molecular formula is C23H19N3O4. The molecule has 2 aromatic heterocycles. The third kappa shape index (κ3) is 3.14. The molecule has 0 atom stereocenters. The van der Waals surface area contributed by atoms with Crippen molar-refractivity contribution in [3.8, 4) is 51.3 Å². The van der Waals surface area contributed by atoms with E-state index in [0.717, 1.165) is 27.6 Å². The minimum atomic E-state index is -0.0441. The molecule has 0 aliphatic rings. The Bertz CT molecular complexity index is 1260. The lowest BCUT2D eigenvalue weighted by molar-refractivity contribution is 0.324. The van der Waals surface area contributed by atoms with Gasteiger partial charge in [0.25, 0.3) is 0 Å². The van der Waals surface area contributed by atoms with E-state index in [1.165, 1.54) is 6.07 Å². The van der Waals surface area contributed by atoms with E-state index < -0.39 is 0 Å². The van der Waals surface area contributed by atoms with Gasteiger partial charge in [-0.3, -0.25) is 0 Å². The molecule has 2 N–H and O–H groups in total. The van der Waals surface area contributed by atoms with Crippen LogP contribution in [-0.4, -0.2) is 36.4 Å².